The van der Waals surface area contributed by atoms with Crippen molar-refractivity contribution in [2.24, 2.45) is 0 Å². The Morgan fingerprint density at radius 1 is 1.00 bits per heavy atom. The second-order valence-corrected chi connectivity index (χ2v) is 12.7. The van der Waals surface area contributed by atoms with Crippen molar-refractivity contribution in [3.8, 4) is 11.6 Å². The van der Waals surface area contributed by atoms with Crippen molar-refractivity contribution in [2.75, 3.05) is 34.3 Å². The Labute approximate surface area is 257 Å². The van der Waals surface area contributed by atoms with Crippen molar-refractivity contribution in [3.63, 3.8) is 0 Å². The minimum Gasteiger partial charge on any atom is -0.439 e. The van der Waals surface area contributed by atoms with Gasteiger partial charge in [-0.05, 0) is 86.3 Å². The first kappa shape index (κ1) is 30.9. The van der Waals surface area contributed by atoms with Crippen molar-refractivity contribution >= 4 is 33.1 Å². The molecular formula is C32H35FN6O4S. The molecule has 1 fully saturated rings. The lowest BCUT2D eigenvalue weighted by atomic mass is 10.0. The number of amides is 2. The molecule has 12 heteroatoms. The van der Waals surface area contributed by atoms with Gasteiger partial charge in [0.25, 0.3) is 0 Å². The number of hydrogen-bond donors (Lipinski definition) is 2. The number of aromatic nitrogens is 2. The molecule has 0 saturated carbocycles. The Morgan fingerprint density at radius 2 is 1.77 bits per heavy atom. The molecule has 4 aromatic rings. The predicted octanol–water partition coefficient (Wildman–Crippen LogP) is 6.10. The fraction of sp³-hybridized carbons (Fsp3) is 0.281. The first-order chi connectivity index (χ1) is 21.0. The van der Waals surface area contributed by atoms with Gasteiger partial charge in [0.15, 0.2) is 0 Å². The predicted molar refractivity (Wildman–Crippen MR) is 169 cm³/mol. The van der Waals surface area contributed by atoms with E-state index in [9.17, 15) is 17.6 Å². The summed E-state index contributed by atoms with van der Waals surface area (Å²) < 4.78 is 45.5. The summed E-state index contributed by atoms with van der Waals surface area (Å²) in [5.74, 6) is 0.614. The van der Waals surface area contributed by atoms with Gasteiger partial charge in [0.1, 0.15) is 11.6 Å². The molecule has 0 aliphatic carbocycles. The van der Waals surface area contributed by atoms with Gasteiger partial charge in [0.2, 0.25) is 15.9 Å². The number of carbonyl (C=O) groups excluding carboxylic acids is 1. The summed E-state index contributed by atoms with van der Waals surface area (Å²) in [4.78, 5) is 26.1. The van der Waals surface area contributed by atoms with Crippen LogP contribution >= 0.6 is 0 Å². The van der Waals surface area contributed by atoms with Gasteiger partial charge in [-0.3, -0.25) is 19.5 Å². The number of benzene rings is 2. The van der Waals surface area contributed by atoms with E-state index in [2.05, 4.69) is 24.9 Å². The lowest BCUT2D eigenvalue weighted by Gasteiger charge is -2.38. The zero-order chi connectivity index (χ0) is 31.3. The summed E-state index contributed by atoms with van der Waals surface area (Å²) in [6, 6.07) is 18.1. The van der Waals surface area contributed by atoms with Crippen LogP contribution in [0.5, 0.6) is 11.6 Å². The van der Waals surface area contributed by atoms with Gasteiger partial charge in [0, 0.05) is 55.0 Å². The Morgan fingerprint density at radius 3 is 2.41 bits per heavy atom. The number of hydrogen-bond acceptors (Lipinski definition) is 7. The topological polar surface area (TPSA) is 117 Å². The number of nitrogens with zero attached hydrogens (tertiary/aromatic N) is 4. The molecule has 1 saturated heterocycles. The summed E-state index contributed by atoms with van der Waals surface area (Å²) in [6.07, 6.45) is 5.92. The Bertz CT molecular complexity index is 1710. The zero-order valence-corrected chi connectivity index (χ0v) is 25.6. The number of anilines is 3. The van der Waals surface area contributed by atoms with Gasteiger partial charge in [-0.2, -0.15) is 0 Å². The van der Waals surface area contributed by atoms with Crippen molar-refractivity contribution in [3.05, 3.63) is 102 Å². The number of halogens is 1. The Hall–Kier alpha value is -4.55. The molecule has 3 heterocycles. The van der Waals surface area contributed by atoms with E-state index in [1.165, 1.54) is 12.1 Å². The third kappa shape index (κ3) is 8.29. The van der Waals surface area contributed by atoms with Crippen LogP contribution in [0.25, 0.3) is 0 Å². The fourth-order valence-electron chi connectivity index (χ4n) is 5.16. The minimum absolute atomic E-state index is 0.109. The molecule has 2 aromatic carbocycles. The van der Waals surface area contributed by atoms with Crippen LogP contribution in [0.4, 0.5) is 26.2 Å². The third-order valence-electron chi connectivity index (χ3n) is 7.29. The highest BCUT2D eigenvalue weighted by molar-refractivity contribution is 7.92. The molecule has 1 aliphatic heterocycles. The smallest absolute Gasteiger partial charge is 0.326 e. The van der Waals surface area contributed by atoms with Crippen LogP contribution in [0.3, 0.4) is 0 Å². The lowest BCUT2D eigenvalue weighted by molar-refractivity contribution is 0.199. The van der Waals surface area contributed by atoms with Gasteiger partial charge in [-0.25, -0.2) is 22.6 Å². The van der Waals surface area contributed by atoms with Gasteiger partial charge < -0.3 is 10.1 Å². The highest BCUT2D eigenvalue weighted by Gasteiger charge is 2.30. The molecule has 0 atom stereocenters. The van der Waals surface area contributed by atoms with Crippen LogP contribution in [-0.2, 0) is 16.6 Å². The molecule has 10 nitrogen and oxygen atoms in total. The van der Waals surface area contributed by atoms with Gasteiger partial charge in [-0.15, -0.1) is 0 Å². The monoisotopic (exact) mass is 618 g/mol. The minimum atomic E-state index is -3.36. The molecule has 0 radical (unpaired) electrons. The number of sulfonamides is 1. The second kappa shape index (κ2) is 13.4. The molecule has 2 amide bonds. The number of urea groups is 1. The molecule has 2 aromatic heterocycles. The first-order valence-corrected chi connectivity index (χ1v) is 16.1. The summed E-state index contributed by atoms with van der Waals surface area (Å²) in [7, 11) is -3.36. The summed E-state index contributed by atoms with van der Waals surface area (Å²) >= 11 is 0. The van der Waals surface area contributed by atoms with E-state index in [0.29, 0.717) is 48.1 Å². The van der Waals surface area contributed by atoms with Crippen LogP contribution in [0, 0.1) is 19.7 Å². The number of pyridine rings is 2. The number of likely N-dealkylation sites (tertiary alicyclic amines) is 1. The van der Waals surface area contributed by atoms with Crippen molar-refractivity contribution < 1.29 is 22.3 Å². The highest BCUT2D eigenvalue weighted by Crippen LogP contribution is 2.28. The standard InChI is InChI=1S/C32H35FN6O4S/c1-22-17-26(37-44(3,41)42)10-11-30(22)43-31-12-8-24(19-35-31)21-38-15-13-28(14-16-38)39(29-6-4-5-25(33)18-29)32(40)36-27-9-7-23(2)34-20-27/h4-12,17-20,28,37H,13-16,21H2,1-3H3,(H,36,40). The normalized spacial score (nSPS) is 14.2. The largest absolute Gasteiger partial charge is 0.439 e. The van der Waals surface area contributed by atoms with Gasteiger partial charge in [-0.1, -0.05) is 12.1 Å². The van der Waals surface area contributed by atoms with Crippen LogP contribution in [0.2, 0.25) is 0 Å². The molecule has 0 spiro atoms. The second-order valence-electron chi connectivity index (χ2n) is 10.9. The maximum Gasteiger partial charge on any atom is 0.326 e. The van der Waals surface area contributed by atoms with Crippen LogP contribution in [-0.4, -0.2) is 54.7 Å². The quantitative estimate of drug-likeness (QED) is 0.233. The van der Waals surface area contributed by atoms with E-state index in [1.54, 1.807) is 59.8 Å². The number of aryl methyl sites for hydroxylation is 2. The Kier molecular flexibility index (Phi) is 9.40. The van der Waals surface area contributed by atoms with Crippen molar-refractivity contribution in [1.82, 2.24) is 14.9 Å². The van der Waals surface area contributed by atoms with Gasteiger partial charge >= 0.3 is 6.03 Å². The fourth-order valence-corrected chi connectivity index (χ4v) is 5.71. The maximum absolute atomic E-state index is 14.2. The summed E-state index contributed by atoms with van der Waals surface area (Å²) in [5, 5.41) is 2.91. The molecule has 1 aliphatic rings. The van der Waals surface area contributed by atoms with Crippen LogP contribution in [0.1, 0.15) is 29.7 Å². The number of nitrogens with one attached hydrogen (secondary N) is 2. The molecule has 230 valence electrons. The van der Waals surface area contributed by atoms with E-state index in [4.69, 9.17) is 4.74 Å². The molecule has 0 unspecified atom stereocenters. The molecule has 0 bridgehead atoms. The van der Waals surface area contributed by atoms with E-state index < -0.39 is 15.8 Å². The SMILES string of the molecule is Cc1ccc(NC(=O)N(c2cccc(F)c2)C2CCN(Cc3ccc(Oc4ccc(NS(C)(=O)=O)cc4C)nc3)CC2)cn1. The molecule has 2 N–H and O–H groups in total. The zero-order valence-electron chi connectivity index (χ0n) is 24.8. The number of rotatable bonds is 9. The van der Waals surface area contributed by atoms with Gasteiger partial charge in [0.05, 0.1) is 18.1 Å². The van der Waals surface area contributed by atoms with Crippen molar-refractivity contribution in [1.29, 1.82) is 0 Å². The average Bonchev–Trinajstić information content (AvgIpc) is 2.97. The Balaban J connectivity index is 1.19. The van der Waals surface area contributed by atoms with Crippen LogP contribution in [0.15, 0.2) is 79.1 Å². The summed E-state index contributed by atoms with van der Waals surface area (Å²) in [5.41, 5.74) is 4.19. The number of carbonyl (C=O) groups is 1. The van der Waals surface area contributed by atoms with Crippen molar-refractivity contribution in [2.45, 2.75) is 39.3 Å². The molecule has 44 heavy (non-hydrogen) atoms. The average molecular weight is 619 g/mol. The number of ether oxygens (including phenoxy) is 1. The molecule has 5 rings (SSSR count). The first-order valence-electron chi connectivity index (χ1n) is 14.2. The van der Waals surface area contributed by atoms with E-state index in [0.717, 1.165) is 36.2 Å². The summed E-state index contributed by atoms with van der Waals surface area (Å²) in [6.45, 7) is 5.90. The lowest BCUT2D eigenvalue weighted by Crippen LogP contribution is -2.49. The maximum atomic E-state index is 14.2. The van der Waals surface area contributed by atoms with E-state index in [1.807, 2.05) is 26.0 Å². The molecular weight excluding hydrogens is 583 g/mol. The third-order valence-corrected chi connectivity index (χ3v) is 7.89. The highest BCUT2D eigenvalue weighted by atomic mass is 32.2. The number of piperidine rings is 1. The van der Waals surface area contributed by atoms with E-state index >= 15 is 0 Å². The van der Waals surface area contributed by atoms with E-state index in [-0.39, 0.29) is 12.1 Å². The van der Waals surface area contributed by atoms with Crippen LogP contribution < -0.4 is 19.7 Å².